The minimum absolute atomic E-state index is 0.0508. The van der Waals surface area contributed by atoms with Crippen LogP contribution in [0, 0.1) is 6.92 Å². The van der Waals surface area contributed by atoms with Crippen molar-refractivity contribution < 1.29 is 4.79 Å². The summed E-state index contributed by atoms with van der Waals surface area (Å²) in [5, 5.41) is 7.30. The number of rotatable bonds is 6. The highest BCUT2D eigenvalue weighted by Crippen LogP contribution is 2.32. The Labute approximate surface area is 216 Å². The van der Waals surface area contributed by atoms with Gasteiger partial charge in [0.1, 0.15) is 11.5 Å². The van der Waals surface area contributed by atoms with E-state index in [0.29, 0.717) is 29.0 Å². The maximum atomic E-state index is 13.4. The molecule has 10 nitrogen and oxygen atoms in total. The van der Waals surface area contributed by atoms with Crippen LogP contribution in [0.2, 0.25) is 0 Å². The molecule has 2 saturated heterocycles. The molecule has 2 aliphatic heterocycles. The SMILES string of the molecule is CC(=O)c1c(C)c2cnc(Nc3ccc(N4CCN(C5CNC5)CC4)cn3)nc2n(C2CCCC2)c1=O. The Balaban J connectivity index is 1.24. The molecule has 6 rings (SSSR count). The Kier molecular flexibility index (Phi) is 6.37. The lowest BCUT2D eigenvalue weighted by atomic mass is 10.0. The first-order valence-corrected chi connectivity index (χ1v) is 13.3. The quantitative estimate of drug-likeness (QED) is 0.492. The van der Waals surface area contributed by atoms with Crippen molar-refractivity contribution in [2.75, 3.05) is 49.5 Å². The molecule has 10 heteroatoms. The largest absolute Gasteiger partial charge is 0.368 e. The summed E-state index contributed by atoms with van der Waals surface area (Å²) in [6.45, 7) is 9.61. The number of ketones is 1. The number of Topliss-reactive ketones (excluding diaryl/α,β-unsaturated/α-hetero) is 1. The molecule has 1 saturated carbocycles. The van der Waals surface area contributed by atoms with Crippen LogP contribution in [0.3, 0.4) is 0 Å². The van der Waals surface area contributed by atoms with Crippen LogP contribution in [0.5, 0.6) is 0 Å². The van der Waals surface area contributed by atoms with Crippen LogP contribution in [0.4, 0.5) is 17.5 Å². The summed E-state index contributed by atoms with van der Waals surface area (Å²) in [6, 6.07) is 4.76. The molecule has 0 aromatic carbocycles. The minimum Gasteiger partial charge on any atom is -0.368 e. The molecule has 3 fully saturated rings. The number of hydrogen-bond donors (Lipinski definition) is 2. The van der Waals surface area contributed by atoms with Gasteiger partial charge in [0.2, 0.25) is 5.95 Å². The Morgan fingerprint density at radius 3 is 2.41 bits per heavy atom. The Hall–Kier alpha value is -3.37. The summed E-state index contributed by atoms with van der Waals surface area (Å²) in [6.07, 6.45) is 7.57. The van der Waals surface area contributed by atoms with Crippen LogP contribution in [0.1, 0.15) is 54.6 Å². The van der Waals surface area contributed by atoms with Crippen LogP contribution < -0.4 is 21.1 Å². The predicted molar refractivity (Wildman–Crippen MR) is 144 cm³/mol. The molecule has 0 radical (unpaired) electrons. The van der Waals surface area contributed by atoms with E-state index in [0.717, 1.165) is 76.0 Å². The number of anilines is 3. The van der Waals surface area contributed by atoms with Crippen molar-refractivity contribution in [3.63, 3.8) is 0 Å². The Morgan fingerprint density at radius 1 is 1.03 bits per heavy atom. The molecule has 3 aromatic heterocycles. The third kappa shape index (κ3) is 4.48. The molecule has 5 heterocycles. The van der Waals surface area contributed by atoms with Crippen LogP contribution in [0.15, 0.2) is 29.3 Å². The van der Waals surface area contributed by atoms with Gasteiger partial charge in [-0.15, -0.1) is 0 Å². The molecular weight excluding hydrogens is 468 g/mol. The number of fused-ring (bicyclic) bond motifs is 1. The van der Waals surface area contributed by atoms with Crippen LogP contribution in [0.25, 0.3) is 11.0 Å². The average Bonchev–Trinajstić information content (AvgIpc) is 3.38. The van der Waals surface area contributed by atoms with Crippen LogP contribution in [-0.4, -0.2) is 75.5 Å². The molecule has 0 spiro atoms. The van der Waals surface area contributed by atoms with Crippen molar-refractivity contribution in [2.24, 2.45) is 0 Å². The fraction of sp³-hybridized carbons (Fsp3) is 0.519. The van der Waals surface area contributed by atoms with Crippen LogP contribution in [-0.2, 0) is 0 Å². The number of nitrogens with one attached hydrogen (secondary N) is 2. The smallest absolute Gasteiger partial charge is 0.263 e. The van der Waals surface area contributed by atoms with Gasteiger partial charge >= 0.3 is 0 Å². The highest BCUT2D eigenvalue weighted by Gasteiger charge is 2.28. The van der Waals surface area contributed by atoms with Gasteiger partial charge in [-0.3, -0.25) is 19.1 Å². The molecule has 3 aromatic rings. The topological polar surface area (TPSA) is 108 Å². The van der Waals surface area contributed by atoms with Gasteiger partial charge in [-0.1, -0.05) is 12.8 Å². The van der Waals surface area contributed by atoms with E-state index in [1.807, 2.05) is 12.3 Å². The summed E-state index contributed by atoms with van der Waals surface area (Å²) in [7, 11) is 0. The zero-order valence-corrected chi connectivity index (χ0v) is 21.5. The lowest BCUT2D eigenvalue weighted by Gasteiger charge is -2.43. The first kappa shape index (κ1) is 24.0. The minimum atomic E-state index is -0.245. The lowest BCUT2D eigenvalue weighted by Crippen LogP contribution is -2.61. The third-order valence-electron chi connectivity index (χ3n) is 8.19. The molecule has 3 aliphatic rings. The van der Waals surface area contributed by atoms with Gasteiger partial charge in [0.15, 0.2) is 5.78 Å². The second kappa shape index (κ2) is 9.83. The number of carbonyl (C=O) groups excluding carboxylic acids is 1. The maximum Gasteiger partial charge on any atom is 0.263 e. The Bertz CT molecular complexity index is 1370. The van der Waals surface area contributed by atoms with Crippen molar-refractivity contribution in [1.82, 2.24) is 29.7 Å². The summed E-state index contributed by atoms with van der Waals surface area (Å²) in [5.74, 6) is 0.815. The number of aryl methyl sites for hydroxylation is 1. The molecule has 0 unspecified atom stereocenters. The van der Waals surface area contributed by atoms with Gasteiger partial charge < -0.3 is 15.5 Å². The van der Waals surface area contributed by atoms with Crippen molar-refractivity contribution in [3.8, 4) is 0 Å². The predicted octanol–water partition coefficient (Wildman–Crippen LogP) is 2.65. The standard InChI is InChI=1S/C27H34N8O2/c1-17-22-16-30-27(32-25(22)35(19-5-3-4-6-19)26(37)24(17)18(2)36)31-23-8-7-20(15-29-23)33-9-11-34(12-10-33)21-13-28-14-21/h7-8,15-16,19,21,28H,3-6,9-14H2,1-2H3,(H,29,30,31,32). The average molecular weight is 503 g/mol. The molecular formula is C27H34N8O2. The number of carbonyl (C=O) groups is 1. The van der Waals surface area contributed by atoms with E-state index >= 15 is 0 Å². The van der Waals surface area contributed by atoms with E-state index in [2.05, 4.69) is 36.5 Å². The van der Waals surface area contributed by atoms with Gasteiger partial charge in [-0.2, -0.15) is 4.98 Å². The zero-order chi connectivity index (χ0) is 25.5. The maximum absolute atomic E-state index is 13.4. The number of aromatic nitrogens is 4. The van der Waals surface area contributed by atoms with Crippen molar-refractivity contribution in [1.29, 1.82) is 0 Å². The van der Waals surface area contributed by atoms with E-state index in [1.165, 1.54) is 6.92 Å². The lowest BCUT2D eigenvalue weighted by molar-refractivity contribution is 0.101. The molecule has 194 valence electrons. The molecule has 0 amide bonds. The highest BCUT2D eigenvalue weighted by atomic mass is 16.1. The van der Waals surface area contributed by atoms with E-state index in [-0.39, 0.29) is 22.9 Å². The fourth-order valence-electron chi connectivity index (χ4n) is 5.95. The van der Waals surface area contributed by atoms with Crippen molar-refractivity contribution >= 4 is 34.3 Å². The van der Waals surface area contributed by atoms with Gasteiger partial charge in [-0.05, 0) is 44.4 Å². The second-order valence-electron chi connectivity index (χ2n) is 10.5. The highest BCUT2D eigenvalue weighted by molar-refractivity contribution is 5.99. The summed E-state index contributed by atoms with van der Waals surface area (Å²) >= 11 is 0. The molecule has 37 heavy (non-hydrogen) atoms. The van der Waals surface area contributed by atoms with E-state index in [4.69, 9.17) is 4.98 Å². The van der Waals surface area contributed by atoms with E-state index in [1.54, 1.807) is 17.7 Å². The van der Waals surface area contributed by atoms with E-state index in [9.17, 15) is 9.59 Å². The van der Waals surface area contributed by atoms with Gasteiger partial charge in [0, 0.05) is 62.9 Å². The molecule has 1 aliphatic carbocycles. The van der Waals surface area contributed by atoms with Crippen molar-refractivity contribution in [2.45, 2.75) is 51.6 Å². The van der Waals surface area contributed by atoms with Crippen LogP contribution >= 0.6 is 0 Å². The number of hydrogen-bond acceptors (Lipinski definition) is 9. The normalized spacial score (nSPS) is 19.4. The molecule has 0 atom stereocenters. The third-order valence-corrected chi connectivity index (χ3v) is 8.19. The fourth-order valence-corrected chi connectivity index (χ4v) is 5.95. The van der Waals surface area contributed by atoms with E-state index < -0.39 is 0 Å². The van der Waals surface area contributed by atoms with Crippen molar-refractivity contribution in [3.05, 3.63) is 46.0 Å². The molecule has 2 N–H and O–H groups in total. The Morgan fingerprint density at radius 2 is 1.78 bits per heavy atom. The summed E-state index contributed by atoms with van der Waals surface area (Å²) < 4.78 is 1.73. The number of pyridine rings is 2. The zero-order valence-electron chi connectivity index (χ0n) is 21.5. The summed E-state index contributed by atoms with van der Waals surface area (Å²) in [5.41, 5.74) is 2.33. The monoisotopic (exact) mass is 502 g/mol. The number of piperazine rings is 1. The van der Waals surface area contributed by atoms with Gasteiger partial charge in [-0.25, -0.2) is 9.97 Å². The second-order valence-corrected chi connectivity index (χ2v) is 10.5. The molecule has 0 bridgehead atoms. The van der Waals surface area contributed by atoms with Gasteiger partial charge in [0.05, 0.1) is 17.4 Å². The number of nitrogens with zero attached hydrogens (tertiary/aromatic N) is 6. The van der Waals surface area contributed by atoms with Gasteiger partial charge in [0.25, 0.3) is 5.56 Å². The first-order chi connectivity index (χ1) is 18.0. The first-order valence-electron chi connectivity index (χ1n) is 13.3. The summed E-state index contributed by atoms with van der Waals surface area (Å²) in [4.78, 5) is 44.5.